The molecule has 6 atom stereocenters. The second-order valence-electron chi connectivity index (χ2n) is 12.7. The predicted molar refractivity (Wildman–Crippen MR) is 179 cm³/mol. The van der Waals surface area contributed by atoms with E-state index in [4.69, 9.17) is 11.5 Å². The van der Waals surface area contributed by atoms with Crippen LogP contribution in [0.3, 0.4) is 0 Å². The molecule has 0 aliphatic rings. The summed E-state index contributed by atoms with van der Waals surface area (Å²) in [5.41, 5.74) is 12.0. The molecule has 0 unspecified atom stereocenters. The topological polar surface area (TPSA) is 194 Å². The van der Waals surface area contributed by atoms with Crippen molar-refractivity contribution in [1.82, 2.24) is 16.0 Å². The van der Waals surface area contributed by atoms with Crippen molar-refractivity contribution in [3.05, 3.63) is 48.0 Å². The average Bonchev–Trinajstić information content (AvgIpc) is 3.01. The van der Waals surface area contributed by atoms with E-state index in [9.17, 15) is 29.1 Å². The van der Waals surface area contributed by atoms with Crippen molar-refractivity contribution in [2.45, 2.75) is 104 Å². The Balaban J connectivity index is 2.31. The van der Waals surface area contributed by atoms with Crippen LogP contribution < -0.4 is 27.4 Å². The molecule has 0 saturated carbocycles. The first kappa shape index (κ1) is 38.4. The summed E-state index contributed by atoms with van der Waals surface area (Å²) in [6.07, 6.45) is 1.20. The normalized spacial score (nSPS) is 15.3. The van der Waals surface area contributed by atoms with Gasteiger partial charge in [-0.1, -0.05) is 83.0 Å². The molecule has 0 bridgehead atoms. The molecule has 0 heterocycles. The Hall–Kier alpha value is -3.83. The Morgan fingerprint density at radius 3 is 2.07 bits per heavy atom. The van der Waals surface area contributed by atoms with Crippen LogP contribution in [0.25, 0.3) is 10.8 Å². The Bertz CT molecular complexity index is 1330. The highest BCUT2D eigenvalue weighted by Gasteiger charge is 2.34. The number of primary amides is 1. The highest BCUT2D eigenvalue weighted by molar-refractivity contribution is 5.96. The molecule has 0 aliphatic heterocycles. The Labute approximate surface area is 272 Å². The van der Waals surface area contributed by atoms with Crippen molar-refractivity contribution in [2.75, 3.05) is 6.54 Å². The third-order valence-electron chi connectivity index (χ3n) is 8.32. The van der Waals surface area contributed by atoms with E-state index < -0.39 is 53.8 Å². The van der Waals surface area contributed by atoms with Crippen LogP contribution in [0.2, 0.25) is 0 Å². The van der Waals surface area contributed by atoms with Gasteiger partial charge in [0.05, 0.1) is 6.04 Å². The summed E-state index contributed by atoms with van der Waals surface area (Å²) >= 11 is 0. The fourth-order valence-electron chi connectivity index (χ4n) is 5.37. The van der Waals surface area contributed by atoms with Crippen LogP contribution in [0, 0.1) is 17.8 Å². The molecule has 2 aromatic carbocycles. The molecular weight excluding hydrogens is 586 g/mol. The van der Waals surface area contributed by atoms with E-state index in [1.165, 1.54) is 6.92 Å². The minimum Gasteiger partial charge on any atom is -0.384 e. The number of Topliss-reactive ketones (excluding diaryl/α,β-unsaturated/α-hetero) is 1. The van der Waals surface area contributed by atoms with Gasteiger partial charge >= 0.3 is 0 Å². The quantitative estimate of drug-likeness (QED) is 0.120. The van der Waals surface area contributed by atoms with Crippen molar-refractivity contribution < 1.29 is 29.1 Å². The first-order valence-corrected chi connectivity index (χ1v) is 16.4. The van der Waals surface area contributed by atoms with Crippen LogP contribution in [-0.4, -0.2) is 65.3 Å². The summed E-state index contributed by atoms with van der Waals surface area (Å²) in [7, 11) is 0. The molecule has 11 nitrogen and oxygen atoms in total. The zero-order valence-electron chi connectivity index (χ0n) is 27.9. The molecule has 4 amide bonds. The molecule has 0 radical (unpaired) electrons. The standard InChI is InChI=1S/C35H53N5O6/c1-6-22(4)31(30(42)20-27(13-9-10-16-36)34(45)38-28(32(37)43)17-21(2)3)40-35(46)29(39-33(44)23(5)41)19-24-14-15-25-11-7-8-12-26(25)18-24/h7-8,11-12,14-15,18,21-23,27-29,31,41H,6,9-10,13,16-17,19-20,36H2,1-5H3,(H2,37,43)(H,38,45)(H,39,44)(H,40,46)/t22-,23+,27+,28-,29-,31-/m0/s1. The van der Waals surface area contributed by atoms with Gasteiger partial charge in [0.15, 0.2) is 5.78 Å². The van der Waals surface area contributed by atoms with E-state index >= 15 is 0 Å². The minimum atomic E-state index is -1.34. The summed E-state index contributed by atoms with van der Waals surface area (Å²) in [5, 5.41) is 20.1. The molecule has 0 fully saturated rings. The van der Waals surface area contributed by atoms with Crippen LogP contribution in [0.5, 0.6) is 0 Å². The number of carbonyl (C=O) groups excluding carboxylic acids is 5. The van der Waals surface area contributed by atoms with Gasteiger partial charge in [0.2, 0.25) is 23.6 Å². The van der Waals surface area contributed by atoms with Gasteiger partial charge in [0, 0.05) is 18.8 Å². The Kier molecular flexibility index (Phi) is 15.8. The predicted octanol–water partition coefficient (Wildman–Crippen LogP) is 2.50. The first-order chi connectivity index (χ1) is 21.8. The summed E-state index contributed by atoms with van der Waals surface area (Å²) in [6, 6.07) is 10.6. The second-order valence-corrected chi connectivity index (χ2v) is 12.7. The maximum absolute atomic E-state index is 13.8. The number of hydrogen-bond donors (Lipinski definition) is 6. The van der Waals surface area contributed by atoms with Crippen LogP contribution in [0.4, 0.5) is 0 Å². The van der Waals surface area contributed by atoms with Gasteiger partial charge in [0.25, 0.3) is 0 Å². The van der Waals surface area contributed by atoms with Gasteiger partial charge in [-0.3, -0.25) is 24.0 Å². The van der Waals surface area contributed by atoms with Gasteiger partial charge < -0.3 is 32.5 Å². The molecular formula is C35H53N5O6. The first-order valence-electron chi connectivity index (χ1n) is 16.4. The fourth-order valence-corrected chi connectivity index (χ4v) is 5.37. The van der Waals surface area contributed by atoms with Crippen molar-refractivity contribution >= 4 is 40.2 Å². The number of nitrogens with one attached hydrogen (secondary N) is 3. The highest BCUT2D eigenvalue weighted by Crippen LogP contribution is 2.21. The number of benzene rings is 2. The van der Waals surface area contributed by atoms with Crippen LogP contribution in [0.15, 0.2) is 42.5 Å². The largest absolute Gasteiger partial charge is 0.384 e. The van der Waals surface area contributed by atoms with Gasteiger partial charge in [0.1, 0.15) is 18.2 Å². The molecule has 254 valence electrons. The lowest BCUT2D eigenvalue weighted by Gasteiger charge is -2.28. The van der Waals surface area contributed by atoms with E-state index in [1.807, 2.05) is 70.2 Å². The fraction of sp³-hybridized carbons (Fsp3) is 0.571. The van der Waals surface area contributed by atoms with Crippen LogP contribution >= 0.6 is 0 Å². The van der Waals surface area contributed by atoms with Crippen LogP contribution in [0.1, 0.15) is 78.7 Å². The number of fused-ring (bicyclic) bond motifs is 1. The molecule has 0 aromatic heterocycles. The van der Waals surface area contributed by atoms with Crippen LogP contribution in [-0.2, 0) is 30.4 Å². The van der Waals surface area contributed by atoms with Crippen molar-refractivity contribution in [2.24, 2.45) is 29.2 Å². The summed E-state index contributed by atoms with van der Waals surface area (Å²) in [4.78, 5) is 65.5. The third-order valence-corrected chi connectivity index (χ3v) is 8.32. The molecule has 0 aliphatic carbocycles. The SMILES string of the molecule is CC[C@H](C)[C@H](NC(=O)[C@H](Cc1ccc2ccccc2c1)NC(=O)[C@@H](C)O)C(=O)C[C@@H](CCCCN)C(=O)N[C@@H](CC(C)C)C(N)=O. The smallest absolute Gasteiger partial charge is 0.249 e. The summed E-state index contributed by atoms with van der Waals surface area (Å²) in [6.45, 7) is 9.31. The number of hydrogen-bond acceptors (Lipinski definition) is 7. The Morgan fingerprint density at radius 2 is 1.48 bits per heavy atom. The number of rotatable bonds is 20. The van der Waals surface area contributed by atoms with Crippen molar-refractivity contribution in [3.8, 4) is 0 Å². The van der Waals surface area contributed by atoms with Gasteiger partial charge in [-0.25, -0.2) is 0 Å². The number of unbranched alkanes of at least 4 members (excludes halogenated alkanes) is 1. The van der Waals surface area contributed by atoms with E-state index in [2.05, 4.69) is 16.0 Å². The van der Waals surface area contributed by atoms with E-state index in [1.54, 1.807) is 0 Å². The monoisotopic (exact) mass is 639 g/mol. The lowest BCUT2D eigenvalue weighted by molar-refractivity contribution is -0.136. The van der Waals surface area contributed by atoms with Gasteiger partial charge in [-0.15, -0.1) is 0 Å². The lowest BCUT2D eigenvalue weighted by Crippen LogP contribution is -2.55. The van der Waals surface area contributed by atoms with E-state index in [0.717, 1.165) is 16.3 Å². The molecule has 2 rings (SSSR count). The number of carbonyl (C=O) groups is 5. The molecule has 0 spiro atoms. The minimum absolute atomic E-state index is 0.108. The summed E-state index contributed by atoms with van der Waals surface area (Å²) in [5.74, 6) is -3.63. The van der Waals surface area contributed by atoms with Crippen molar-refractivity contribution in [1.29, 1.82) is 0 Å². The second kappa shape index (κ2) is 19.0. The lowest BCUT2D eigenvalue weighted by atomic mass is 9.87. The van der Waals surface area contributed by atoms with E-state index in [0.29, 0.717) is 38.6 Å². The molecule has 0 saturated heterocycles. The number of amides is 4. The number of nitrogens with two attached hydrogens (primary N) is 2. The molecule has 8 N–H and O–H groups in total. The molecule has 11 heteroatoms. The zero-order valence-corrected chi connectivity index (χ0v) is 27.9. The molecule has 46 heavy (non-hydrogen) atoms. The number of aliphatic hydroxyl groups is 1. The highest BCUT2D eigenvalue weighted by atomic mass is 16.3. The van der Waals surface area contributed by atoms with Gasteiger partial charge in [-0.2, -0.15) is 0 Å². The maximum atomic E-state index is 13.8. The maximum Gasteiger partial charge on any atom is 0.249 e. The summed E-state index contributed by atoms with van der Waals surface area (Å²) < 4.78 is 0. The van der Waals surface area contributed by atoms with Gasteiger partial charge in [-0.05, 0) is 60.9 Å². The molecule has 2 aromatic rings. The number of ketones is 1. The Morgan fingerprint density at radius 1 is 0.826 bits per heavy atom. The van der Waals surface area contributed by atoms with E-state index in [-0.39, 0.29) is 30.5 Å². The number of aliphatic hydroxyl groups excluding tert-OH is 1. The zero-order chi connectivity index (χ0) is 34.4. The average molecular weight is 640 g/mol. The van der Waals surface area contributed by atoms with Crippen molar-refractivity contribution in [3.63, 3.8) is 0 Å². The third kappa shape index (κ3) is 12.2.